The molecule has 0 bridgehead atoms. The van der Waals surface area contributed by atoms with Crippen LogP contribution in [0.1, 0.15) is 39.0 Å². The van der Waals surface area contributed by atoms with Gasteiger partial charge in [0.05, 0.1) is 0 Å². The van der Waals surface area contributed by atoms with E-state index in [9.17, 15) is 9.59 Å². The van der Waals surface area contributed by atoms with Crippen molar-refractivity contribution >= 4 is 11.8 Å². The average Bonchev–Trinajstić information content (AvgIpc) is 2.85. The molecule has 2 N–H and O–H groups in total. The van der Waals surface area contributed by atoms with E-state index >= 15 is 0 Å². The van der Waals surface area contributed by atoms with Crippen LogP contribution in [0.15, 0.2) is 0 Å². The Morgan fingerprint density at radius 1 is 1.42 bits per heavy atom. The van der Waals surface area contributed by atoms with E-state index in [0.29, 0.717) is 18.8 Å². The maximum Gasteiger partial charge on any atom is 0.245 e. The monoisotopic (exact) mass is 267 g/mol. The molecule has 108 valence electrons. The summed E-state index contributed by atoms with van der Waals surface area (Å²) in [6.07, 6.45) is 4.49. The van der Waals surface area contributed by atoms with Gasteiger partial charge in [-0.2, -0.15) is 0 Å². The zero-order valence-electron chi connectivity index (χ0n) is 11.8. The molecule has 2 aliphatic heterocycles. The van der Waals surface area contributed by atoms with Crippen LogP contribution < -0.4 is 10.6 Å². The molecular formula is C14H25N3O2. The highest BCUT2D eigenvalue weighted by molar-refractivity contribution is 5.90. The highest BCUT2D eigenvalue weighted by atomic mass is 16.2. The first-order valence-corrected chi connectivity index (χ1v) is 7.49. The Balaban J connectivity index is 1.90. The lowest BCUT2D eigenvalue weighted by Gasteiger charge is -2.31. The van der Waals surface area contributed by atoms with Crippen molar-refractivity contribution in [1.82, 2.24) is 15.5 Å². The van der Waals surface area contributed by atoms with E-state index in [-0.39, 0.29) is 17.9 Å². The molecule has 2 atom stereocenters. The van der Waals surface area contributed by atoms with Gasteiger partial charge in [-0.25, -0.2) is 0 Å². The molecule has 0 spiro atoms. The van der Waals surface area contributed by atoms with Crippen molar-refractivity contribution in [2.24, 2.45) is 5.92 Å². The smallest absolute Gasteiger partial charge is 0.245 e. The van der Waals surface area contributed by atoms with E-state index in [1.54, 1.807) is 0 Å². The van der Waals surface area contributed by atoms with Crippen LogP contribution in [0.3, 0.4) is 0 Å². The summed E-state index contributed by atoms with van der Waals surface area (Å²) in [4.78, 5) is 25.6. The number of nitrogens with zero attached hydrogens (tertiary/aromatic N) is 1. The average molecular weight is 267 g/mol. The largest absolute Gasteiger partial charge is 0.344 e. The van der Waals surface area contributed by atoms with Gasteiger partial charge in [0.1, 0.15) is 6.04 Å². The van der Waals surface area contributed by atoms with Crippen LogP contribution in [0, 0.1) is 5.92 Å². The molecule has 2 aliphatic rings. The van der Waals surface area contributed by atoms with Crippen molar-refractivity contribution in [3.63, 3.8) is 0 Å². The fourth-order valence-corrected chi connectivity index (χ4v) is 2.97. The summed E-state index contributed by atoms with van der Waals surface area (Å²) in [7, 11) is 0. The number of carbonyl (C=O) groups excluding carboxylic acids is 2. The number of hydrogen-bond donors (Lipinski definition) is 2. The topological polar surface area (TPSA) is 61.4 Å². The summed E-state index contributed by atoms with van der Waals surface area (Å²) < 4.78 is 0. The summed E-state index contributed by atoms with van der Waals surface area (Å²) in [5.41, 5.74) is 0. The van der Waals surface area contributed by atoms with E-state index in [2.05, 4.69) is 17.6 Å². The van der Waals surface area contributed by atoms with Crippen molar-refractivity contribution in [2.75, 3.05) is 26.2 Å². The van der Waals surface area contributed by atoms with E-state index in [4.69, 9.17) is 0 Å². The summed E-state index contributed by atoms with van der Waals surface area (Å²) in [6, 6.07) is -0.282. The van der Waals surface area contributed by atoms with Gasteiger partial charge in [0.2, 0.25) is 11.8 Å². The maximum absolute atomic E-state index is 12.4. The van der Waals surface area contributed by atoms with Gasteiger partial charge in [-0.15, -0.1) is 0 Å². The minimum absolute atomic E-state index is 0.00846. The third kappa shape index (κ3) is 3.93. The fraction of sp³-hybridized carbons (Fsp3) is 0.857. The zero-order chi connectivity index (χ0) is 13.7. The molecule has 0 radical (unpaired) electrons. The second kappa shape index (κ2) is 6.89. The van der Waals surface area contributed by atoms with E-state index in [0.717, 1.165) is 32.6 Å². The van der Waals surface area contributed by atoms with Gasteiger partial charge in [0.25, 0.3) is 0 Å². The first-order chi connectivity index (χ1) is 9.20. The van der Waals surface area contributed by atoms with Gasteiger partial charge in [-0.3, -0.25) is 9.59 Å². The molecule has 2 fully saturated rings. The highest BCUT2D eigenvalue weighted by Gasteiger charge is 2.31. The molecule has 0 aromatic rings. The molecule has 0 aliphatic carbocycles. The van der Waals surface area contributed by atoms with Crippen molar-refractivity contribution in [3.8, 4) is 0 Å². The molecule has 0 aromatic carbocycles. The number of amides is 2. The summed E-state index contributed by atoms with van der Waals surface area (Å²) in [5.74, 6) is 0.675. The van der Waals surface area contributed by atoms with Crippen molar-refractivity contribution < 1.29 is 9.59 Å². The second-order valence-corrected chi connectivity index (χ2v) is 5.66. The number of hydrogen-bond acceptors (Lipinski definition) is 3. The Bertz CT molecular complexity index is 327. The summed E-state index contributed by atoms with van der Waals surface area (Å²) >= 11 is 0. The normalized spacial score (nSPS) is 27.1. The third-order valence-electron chi connectivity index (χ3n) is 3.98. The Morgan fingerprint density at radius 2 is 2.26 bits per heavy atom. The van der Waals surface area contributed by atoms with Crippen LogP contribution in [0.2, 0.25) is 0 Å². The predicted octanol–water partition coefficient (Wildman–Crippen LogP) is 0.503. The zero-order valence-corrected chi connectivity index (χ0v) is 11.8. The van der Waals surface area contributed by atoms with Gasteiger partial charge < -0.3 is 15.5 Å². The minimum atomic E-state index is -0.282. The first kappa shape index (κ1) is 14.3. The van der Waals surface area contributed by atoms with Crippen molar-refractivity contribution in [1.29, 1.82) is 0 Å². The Kier molecular flexibility index (Phi) is 5.19. The molecule has 1 unspecified atom stereocenters. The van der Waals surface area contributed by atoms with Gasteiger partial charge in [0.15, 0.2) is 0 Å². The number of carbonyl (C=O) groups is 2. The summed E-state index contributed by atoms with van der Waals surface area (Å²) in [5, 5.41) is 6.17. The Hall–Kier alpha value is -1.10. The Labute approximate surface area is 115 Å². The Morgan fingerprint density at radius 3 is 2.84 bits per heavy atom. The van der Waals surface area contributed by atoms with Crippen LogP contribution in [-0.2, 0) is 9.59 Å². The summed E-state index contributed by atoms with van der Waals surface area (Å²) in [6.45, 7) is 5.81. The fourth-order valence-electron chi connectivity index (χ4n) is 2.97. The van der Waals surface area contributed by atoms with Gasteiger partial charge in [-0.05, 0) is 44.7 Å². The predicted molar refractivity (Wildman–Crippen MR) is 73.6 cm³/mol. The van der Waals surface area contributed by atoms with E-state index in [1.807, 2.05) is 4.90 Å². The molecule has 2 heterocycles. The quantitative estimate of drug-likeness (QED) is 0.762. The lowest BCUT2D eigenvalue weighted by molar-refractivity contribution is -0.135. The number of nitrogens with one attached hydrogen (secondary N) is 2. The van der Waals surface area contributed by atoms with Crippen molar-refractivity contribution in [3.05, 3.63) is 0 Å². The van der Waals surface area contributed by atoms with Gasteiger partial charge in [0, 0.05) is 19.5 Å². The molecule has 5 nitrogen and oxygen atoms in total. The molecule has 19 heavy (non-hydrogen) atoms. The van der Waals surface area contributed by atoms with Crippen LogP contribution in [0.25, 0.3) is 0 Å². The van der Waals surface area contributed by atoms with Gasteiger partial charge >= 0.3 is 0 Å². The van der Waals surface area contributed by atoms with Gasteiger partial charge in [-0.1, -0.05) is 6.92 Å². The number of rotatable bonds is 5. The molecule has 0 saturated carbocycles. The molecule has 0 aromatic heterocycles. The highest BCUT2D eigenvalue weighted by Crippen LogP contribution is 2.15. The van der Waals surface area contributed by atoms with Crippen LogP contribution >= 0.6 is 0 Å². The molecule has 2 rings (SSSR count). The van der Waals surface area contributed by atoms with Crippen molar-refractivity contribution in [2.45, 2.75) is 45.1 Å². The van der Waals surface area contributed by atoms with Crippen LogP contribution in [-0.4, -0.2) is 48.9 Å². The maximum atomic E-state index is 12.4. The minimum Gasteiger partial charge on any atom is -0.344 e. The first-order valence-electron chi connectivity index (χ1n) is 7.49. The van der Waals surface area contributed by atoms with E-state index < -0.39 is 0 Å². The third-order valence-corrected chi connectivity index (χ3v) is 3.98. The lowest BCUT2D eigenvalue weighted by atomic mass is 9.98. The number of piperidine rings is 1. The van der Waals surface area contributed by atoms with Crippen LogP contribution in [0.5, 0.6) is 0 Å². The second-order valence-electron chi connectivity index (χ2n) is 5.66. The molecule has 2 amide bonds. The van der Waals surface area contributed by atoms with E-state index in [1.165, 1.54) is 12.8 Å². The standard InChI is InChI=1S/C14H25N3O2/c1-2-8-17(10-11-4-3-7-15-9-11)14(19)12-5-6-13(18)16-12/h11-12,15H,2-10H2,1H3,(H,16,18)/t11?,12-/m1/s1. The SMILES string of the molecule is CCCN(CC1CCCNC1)C(=O)[C@H]1CCC(=O)N1. The molecule has 5 heteroatoms. The van der Waals surface area contributed by atoms with Crippen LogP contribution in [0.4, 0.5) is 0 Å². The lowest BCUT2D eigenvalue weighted by Crippen LogP contribution is -2.48. The molecular weight excluding hydrogens is 242 g/mol. The molecule has 2 saturated heterocycles.